The molecular weight excluding hydrogens is 318 g/mol. The van der Waals surface area contributed by atoms with Crippen molar-refractivity contribution in [3.05, 3.63) is 35.9 Å². The van der Waals surface area contributed by atoms with Crippen LogP contribution in [0.5, 0.6) is 0 Å². The molecular formula is C20H31NO4. The Bertz CT molecular complexity index is 504. The Hall–Kier alpha value is -1.88. The number of hydrogen-bond donors (Lipinski definition) is 0. The molecule has 5 nitrogen and oxygen atoms in total. The van der Waals surface area contributed by atoms with E-state index in [4.69, 9.17) is 9.47 Å². The topological polar surface area (TPSA) is 55.8 Å². The molecule has 0 saturated carbocycles. The average molecular weight is 349 g/mol. The summed E-state index contributed by atoms with van der Waals surface area (Å²) in [5.41, 5.74) is 1.08. The predicted molar refractivity (Wildman–Crippen MR) is 98.0 cm³/mol. The second-order valence-electron chi connectivity index (χ2n) is 6.22. The van der Waals surface area contributed by atoms with E-state index in [1.807, 2.05) is 56.1 Å². The standard InChI is InChI=1S/C20H31NO4/c1-4-6-13-24-19(22)15-18(20(23)25-14-7-5-2)21(3)16-17-11-9-8-10-12-17/h8-12,18H,4-7,13-16H2,1-3H3. The van der Waals surface area contributed by atoms with Gasteiger partial charge in [-0.1, -0.05) is 57.0 Å². The van der Waals surface area contributed by atoms with Crippen LogP contribution in [-0.2, 0) is 25.6 Å². The summed E-state index contributed by atoms with van der Waals surface area (Å²) in [5.74, 6) is -0.717. The maximum atomic E-state index is 12.4. The van der Waals surface area contributed by atoms with Crippen LogP contribution in [0.4, 0.5) is 0 Å². The number of unbranched alkanes of at least 4 members (excludes halogenated alkanes) is 2. The highest BCUT2D eigenvalue weighted by atomic mass is 16.5. The van der Waals surface area contributed by atoms with Crippen LogP contribution < -0.4 is 0 Å². The minimum atomic E-state index is -0.633. The van der Waals surface area contributed by atoms with Gasteiger partial charge < -0.3 is 9.47 Å². The van der Waals surface area contributed by atoms with Gasteiger partial charge in [-0.15, -0.1) is 0 Å². The first kappa shape index (κ1) is 21.2. The smallest absolute Gasteiger partial charge is 0.323 e. The van der Waals surface area contributed by atoms with Crippen molar-refractivity contribution in [3.8, 4) is 0 Å². The number of ether oxygens (including phenoxy) is 2. The van der Waals surface area contributed by atoms with Gasteiger partial charge in [0.15, 0.2) is 0 Å². The minimum Gasteiger partial charge on any atom is -0.466 e. The van der Waals surface area contributed by atoms with E-state index in [1.165, 1.54) is 0 Å². The number of likely N-dealkylation sites (N-methyl/N-ethyl adjacent to an activating group) is 1. The number of carbonyl (C=O) groups excluding carboxylic acids is 2. The Morgan fingerprint density at radius 1 is 1.00 bits per heavy atom. The highest BCUT2D eigenvalue weighted by Crippen LogP contribution is 2.12. The third-order valence-electron chi connectivity index (χ3n) is 3.94. The van der Waals surface area contributed by atoms with Gasteiger partial charge in [0.1, 0.15) is 6.04 Å². The van der Waals surface area contributed by atoms with Gasteiger partial charge in [-0.05, 0) is 25.5 Å². The fourth-order valence-corrected chi connectivity index (χ4v) is 2.36. The molecule has 0 amide bonds. The predicted octanol–water partition coefficient (Wildman–Crippen LogP) is 3.56. The van der Waals surface area contributed by atoms with Gasteiger partial charge in [0.25, 0.3) is 0 Å². The molecule has 0 heterocycles. The normalized spacial score (nSPS) is 12.0. The van der Waals surface area contributed by atoms with Gasteiger partial charge in [-0.3, -0.25) is 14.5 Å². The summed E-state index contributed by atoms with van der Waals surface area (Å²) in [6.45, 7) is 5.43. The molecule has 0 aromatic heterocycles. The quantitative estimate of drug-likeness (QED) is 0.426. The minimum absolute atomic E-state index is 0.0119. The Labute approximate surface area is 151 Å². The first-order valence-corrected chi connectivity index (χ1v) is 9.14. The summed E-state index contributed by atoms with van der Waals surface area (Å²) in [6, 6.07) is 9.22. The van der Waals surface area contributed by atoms with Crippen molar-refractivity contribution >= 4 is 11.9 Å². The zero-order valence-corrected chi connectivity index (χ0v) is 15.7. The third-order valence-corrected chi connectivity index (χ3v) is 3.94. The molecule has 1 aromatic rings. The van der Waals surface area contributed by atoms with Crippen molar-refractivity contribution in [1.82, 2.24) is 4.90 Å². The molecule has 0 saturated heterocycles. The van der Waals surface area contributed by atoms with Crippen LogP contribution in [0, 0.1) is 0 Å². The molecule has 0 spiro atoms. The van der Waals surface area contributed by atoms with E-state index in [0.717, 1.165) is 31.2 Å². The lowest BCUT2D eigenvalue weighted by Crippen LogP contribution is -2.41. The maximum absolute atomic E-state index is 12.4. The number of nitrogens with zero attached hydrogens (tertiary/aromatic N) is 1. The molecule has 1 atom stereocenters. The molecule has 0 aliphatic heterocycles. The third kappa shape index (κ3) is 8.68. The van der Waals surface area contributed by atoms with Gasteiger partial charge in [-0.25, -0.2) is 0 Å². The monoisotopic (exact) mass is 349 g/mol. The van der Waals surface area contributed by atoms with E-state index in [9.17, 15) is 9.59 Å². The molecule has 0 aliphatic carbocycles. The van der Waals surface area contributed by atoms with Crippen LogP contribution >= 0.6 is 0 Å². The molecule has 0 N–H and O–H groups in total. The zero-order valence-electron chi connectivity index (χ0n) is 15.7. The van der Waals surface area contributed by atoms with Crippen molar-refractivity contribution in [1.29, 1.82) is 0 Å². The Morgan fingerprint density at radius 2 is 1.60 bits per heavy atom. The fourth-order valence-electron chi connectivity index (χ4n) is 2.36. The van der Waals surface area contributed by atoms with Crippen molar-refractivity contribution in [2.45, 2.75) is 58.5 Å². The van der Waals surface area contributed by atoms with Gasteiger partial charge >= 0.3 is 11.9 Å². The first-order valence-electron chi connectivity index (χ1n) is 9.14. The number of esters is 2. The molecule has 1 aromatic carbocycles. The molecule has 1 rings (SSSR count). The van der Waals surface area contributed by atoms with E-state index in [0.29, 0.717) is 19.8 Å². The second kappa shape index (κ2) is 12.5. The van der Waals surface area contributed by atoms with Crippen LogP contribution in [0.3, 0.4) is 0 Å². The number of rotatable bonds is 12. The first-order chi connectivity index (χ1) is 12.1. The molecule has 0 radical (unpaired) electrons. The Morgan fingerprint density at radius 3 is 2.20 bits per heavy atom. The molecule has 25 heavy (non-hydrogen) atoms. The highest BCUT2D eigenvalue weighted by molar-refractivity contribution is 5.82. The maximum Gasteiger partial charge on any atom is 0.323 e. The van der Waals surface area contributed by atoms with Gasteiger partial charge in [0.2, 0.25) is 0 Å². The Kier molecular flexibility index (Phi) is 10.6. The SMILES string of the molecule is CCCCOC(=O)CC(C(=O)OCCCC)N(C)Cc1ccccc1. The number of carbonyl (C=O) groups is 2. The lowest BCUT2D eigenvalue weighted by atomic mass is 10.1. The number of hydrogen-bond acceptors (Lipinski definition) is 5. The van der Waals surface area contributed by atoms with Crippen LogP contribution in [0.1, 0.15) is 51.5 Å². The van der Waals surface area contributed by atoms with Crippen molar-refractivity contribution in [2.24, 2.45) is 0 Å². The number of benzene rings is 1. The molecule has 0 fully saturated rings. The lowest BCUT2D eigenvalue weighted by molar-refractivity contribution is -0.156. The van der Waals surface area contributed by atoms with Crippen molar-refractivity contribution in [3.63, 3.8) is 0 Å². The van der Waals surface area contributed by atoms with E-state index in [-0.39, 0.29) is 18.4 Å². The second-order valence-corrected chi connectivity index (χ2v) is 6.22. The Balaban J connectivity index is 2.68. The summed E-state index contributed by atoms with van der Waals surface area (Å²) in [7, 11) is 1.83. The average Bonchev–Trinajstić information content (AvgIpc) is 2.60. The highest BCUT2D eigenvalue weighted by Gasteiger charge is 2.28. The largest absolute Gasteiger partial charge is 0.466 e. The van der Waals surface area contributed by atoms with Crippen molar-refractivity contribution in [2.75, 3.05) is 20.3 Å². The summed E-state index contributed by atoms with van der Waals surface area (Å²) < 4.78 is 10.6. The summed E-state index contributed by atoms with van der Waals surface area (Å²) in [6.07, 6.45) is 3.58. The fraction of sp³-hybridized carbons (Fsp3) is 0.600. The van der Waals surface area contributed by atoms with Crippen molar-refractivity contribution < 1.29 is 19.1 Å². The molecule has 0 aliphatic rings. The van der Waals surface area contributed by atoms with Gasteiger partial charge in [0, 0.05) is 6.54 Å². The molecule has 0 bridgehead atoms. The molecule has 5 heteroatoms. The van der Waals surface area contributed by atoms with Gasteiger partial charge in [-0.2, -0.15) is 0 Å². The van der Waals surface area contributed by atoms with E-state index in [2.05, 4.69) is 0 Å². The van der Waals surface area contributed by atoms with Crippen LogP contribution in [0.2, 0.25) is 0 Å². The lowest BCUT2D eigenvalue weighted by Gasteiger charge is -2.26. The zero-order chi connectivity index (χ0) is 18.5. The van der Waals surface area contributed by atoms with E-state index < -0.39 is 6.04 Å². The van der Waals surface area contributed by atoms with Crippen LogP contribution in [0.15, 0.2) is 30.3 Å². The van der Waals surface area contributed by atoms with Crippen LogP contribution in [0.25, 0.3) is 0 Å². The van der Waals surface area contributed by atoms with Gasteiger partial charge in [0.05, 0.1) is 19.6 Å². The molecule has 1 unspecified atom stereocenters. The summed E-state index contributed by atoms with van der Waals surface area (Å²) in [4.78, 5) is 26.4. The summed E-state index contributed by atoms with van der Waals surface area (Å²) in [5, 5.41) is 0. The van der Waals surface area contributed by atoms with E-state index in [1.54, 1.807) is 0 Å². The van der Waals surface area contributed by atoms with E-state index >= 15 is 0 Å². The summed E-state index contributed by atoms with van der Waals surface area (Å²) >= 11 is 0. The van der Waals surface area contributed by atoms with Crippen LogP contribution in [-0.4, -0.2) is 43.1 Å². The molecule has 140 valence electrons.